The number of benzene rings is 1. The fraction of sp³-hybridized carbons (Fsp3) is 0.471. The molecule has 0 N–H and O–H groups in total. The molecule has 1 amide bonds. The summed E-state index contributed by atoms with van der Waals surface area (Å²) >= 11 is 0. The normalized spacial score (nSPS) is 24.5. The molecule has 1 saturated carbocycles. The maximum absolute atomic E-state index is 14.4. The van der Waals surface area contributed by atoms with E-state index in [1.807, 2.05) is 0 Å². The van der Waals surface area contributed by atoms with Crippen LogP contribution >= 0.6 is 0 Å². The number of hydrogen-bond donors (Lipinski definition) is 0. The Balaban J connectivity index is 1.69. The zero-order chi connectivity index (χ0) is 15.8. The lowest BCUT2D eigenvalue weighted by Gasteiger charge is -2.43. The van der Waals surface area contributed by atoms with Crippen LogP contribution in [0.5, 0.6) is 0 Å². The molecule has 1 saturated heterocycles. The Kier molecular flexibility index (Phi) is 3.69. The Morgan fingerprint density at radius 2 is 1.91 bits per heavy atom. The molecule has 23 heavy (non-hydrogen) atoms. The van der Waals surface area contributed by atoms with Gasteiger partial charge in [0.15, 0.2) is 0 Å². The lowest BCUT2D eigenvalue weighted by molar-refractivity contribution is -0.0753. The van der Waals surface area contributed by atoms with Crippen molar-refractivity contribution in [1.82, 2.24) is 14.9 Å². The van der Waals surface area contributed by atoms with Gasteiger partial charge in [0.1, 0.15) is 5.82 Å². The first-order chi connectivity index (χ1) is 11.2. The molecule has 6 heteroatoms. The van der Waals surface area contributed by atoms with E-state index in [0.717, 1.165) is 25.7 Å². The maximum atomic E-state index is 14.4. The van der Waals surface area contributed by atoms with Gasteiger partial charge < -0.3 is 9.64 Å². The van der Waals surface area contributed by atoms with E-state index < -0.39 is 5.82 Å². The molecule has 1 aliphatic carbocycles. The Bertz CT molecular complexity index is 750. The lowest BCUT2D eigenvalue weighted by atomic mass is 9.89. The average Bonchev–Trinajstić information content (AvgIpc) is 2.60. The van der Waals surface area contributed by atoms with Crippen LogP contribution in [0.3, 0.4) is 0 Å². The van der Waals surface area contributed by atoms with Gasteiger partial charge in [-0.3, -0.25) is 14.8 Å². The molecule has 0 unspecified atom stereocenters. The summed E-state index contributed by atoms with van der Waals surface area (Å²) in [7, 11) is 0. The van der Waals surface area contributed by atoms with Gasteiger partial charge in [-0.1, -0.05) is 12.8 Å². The Morgan fingerprint density at radius 1 is 1.17 bits per heavy atom. The average molecular weight is 315 g/mol. The molecule has 0 spiro atoms. The second-order valence-electron chi connectivity index (χ2n) is 6.14. The zero-order valence-corrected chi connectivity index (χ0v) is 12.7. The summed E-state index contributed by atoms with van der Waals surface area (Å²) in [5, 5.41) is 0. The second-order valence-corrected chi connectivity index (χ2v) is 6.14. The fourth-order valence-electron chi connectivity index (χ4n) is 3.65. The summed E-state index contributed by atoms with van der Waals surface area (Å²) in [6.45, 7) is 1.03. The van der Waals surface area contributed by atoms with Crippen molar-refractivity contribution in [2.24, 2.45) is 0 Å². The largest absolute Gasteiger partial charge is 0.374 e. The van der Waals surface area contributed by atoms with Gasteiger partial charge in [-0.2, -0.15) is 0 Å². The van der Waals surface area contributed by atoms with E-state index >= 15 is 0 Å². The molecule has 0 radical (unpaired) electrons. The molecule has 2 aromatic rings. The highest BCUT2D eigenvalue weighted by atomic mass is 19.1. The van der Waals surface area contributed by atoms with Gasteiger partial charge in [-0.15, -0.1) is 0 Å². The highest BCUT2D eigenvalue weighted by molar-refractivity contribution is 5.97. The number of halogens is 1. The quantitative estimate of drug-likeness (QED) is 0.811. The number of morpholine rings is 1. The summed E-state index contributed by atoms with van der Waals surface area (Å²) in [4.78, 5) is 22.9. The van der Waals surface area contributed by atoms with Crippen LogP contribution in [0, 0.1) is 5.82 Å². The van der Waals surface area contributed by atoms with Gasteiger partial charge in [-0.25, -0.2) is 4.39 Å². The van der Waals surface area contributed by atoms with Crippen molar-refractivity contribution in [2.75, 3.05) is 13.2 Å². The van der Waals surface area contributed by atoms with Crippen LogP contribution in [-0.2, 0) is 4.74 Å². The number of ether oxygens (including phenoxy) is 1. The van der Waals surface area contributed by atoms with Gasteiger partial charge in [0.2, 0.25) is 0 Å². The number of nitrogens with zero attached hydrogens (tertiary/aromatic N) is 3. The molecule has 2 atom stereocenters. The van der Waals surface area contributed by atoms with Gasteiger partial charge >= 0.3 is 0 Å². The van der Waals surface area contributed by atoms with Crippen LogP contribution < -0.4 is 0 Å². The smallest absolute Gasteiger partial charge is 0.257 e. The van der Waals surface area contributed by atoms with Crippen LogP contribution in [0.4, 0.5) is 4.39 Å². The number of carbonyl (C=O) groups is 1. The van der Waals surface area contributed by atoms with Gasteiger partial charge in [0.05, 0.1) is 35.3 Å². The van der Waals surface area contributed by atoms with Crippen LogP contribution in [0.15, 0.2) is 24.5 Å². The molecule has 0 bridgehead atoms. The van der Waals surface area contributed by atoms with Crippen LogP contribution in [0.25, 0.3) is 11.0 Å². The minimum atomic E-state index is -0.540. The van der Waals surface area contributed by atoms with Crippen LogP contribution in [0.2, 0.25) is 0 Å². The Morgan fingerprint density at radius 3 is 2.74 bits per heavy atom. The highest BCUT2D eigenvalue weighted by Gasteiger charge is 2.37. The molecule has 2 fully saturated rings. The molecule has 120 valence electrons. The monoisotopic (exact) mass is 315 g/mol. The second kappa shape index (κ2) is 5.85. The number of hydrogen-bond acceptors (Lipinski definition) is 4. The van der Waals surface area contributed by atoms with E-state index in [9.17, 15) is 9.18 Å². The third-order valence-electron chi connectivity index (χ3n) is 4.78. The number of rotatable bonds is 1. The Hall–Kier alpha value is -2.08. The highest BCUT2D eigenvalue weighted by Crippen LogP contribution is 2.30. The predicted molar refractivity (Wildman–Crippen MR) is 82.5 cm³/mol. The summed E-state index contributed by atoms with van der Waals surface area (Å²) in [6.07, 6.45) is 7.25. The molecule has 1 aliphatic heterocycles. The van der Waals surface area contributed by atoms with Crippen molar-refractivity contribution in [3.63, 3.8) is 0 Å². The van der Waals surface area contributed by atoms with Crippen molar-refractivity contribution < 1.29 is 13.9 Å². The number of aromatic nitrogens is 2. The van der Waals surface area contributed by atoms with Crippen molar-refractivity contribution in [1.29, 1.82) is 0 Å². The fourth-order valence-corrected chi connectivity index (χ4v) is 3.65. The molecule has 2 aliphatic rings. The number of fused-ring (bicyclic) bond motifs is 2. The minimum absolute atomic E-state index is 0.0574. The molecule has 1 aromatic carbocycles. The van der Waals surface area contributed by atoms with Crippen LogP contribution in [-0.4, -0.2) is 46.1 Å². The maximum Gasteiger partial charge on any atom is 0.257 e. The number of amides is 1. The summed E-state index contributed by atoms with van der Waals surface area (Å²) in [5.41, 5.74) is 1.06. The zero-order valence-electron chi connectivity index (χ0n) is 12.7. The topological polar surface area (TPSA) is 55.3 Å². The third-order valence-corrected chi connectivity index (χ3v) is 4.78. The first kappa shape index (κ1) is 14.5. The minimum Gasteiger partial charge on any atom is -0.374 e. The van der Waals surface area contributed by atoms with Crippen molar-refractivity contribution >= 4 is 16.9 Å². The summed E-state index contributed by atoms with van der Waals surface area (Å²) in [5.74, 6) is -0.808. The van der Waals surface area contributed by atoms with Gasteiger partial charge in [-0.05, 0) is 18.9 Å². The summed E-state index contributed by atoms with van der Waals surface area (Å²) in [6, 6.07) is 2.85. The summed E-state index contributed by atoms with van der Waals surface area (Å²) < 4.78 is 20.2. The van der Waals surface area contributed by atoms with E-state index in [4.69, 9.17) is 4.74 Å². The lowest BCUT2D eigenvalue weighted by Crippen LogP contribution is -2.55. The Labute approximate surface area is 133 Å². The van der Waals surface area contributed by atoms with E-state index in [2.05, 4.69) is 9.97 Å². The number of carbonyl (C=O) groups excluding carboxylic acids is 1. The van der Waals surface area contributed by atoms with Crippen molar-refractivity contribution in [3.05, 3.63) is 35.9 Å². The first-order valence-electron chi connectivity index (χ1n) is 8.07. The van der Waals surface area contributed by atoms with Gasteiger partial charge in [0.25, 0.3) is 5.91 Å². The molecular formula is C17H18FN3O2. The molecule has 4 rings (SSSR count). The van der Waals surface area contributed by atoms with Crippen molar-refractivity contribution in [3.8, 4) is 0 Å². The van der Waals surface area contributed by atoms with E-state index in [-0.39, 0.29) is 23.6 Å². The van der Waals surface area contributed by atoms with E-state index in [1.165, 1.54) is 18.3 Å². The first-order valence-corrected chi connectivity index (χ1v) is 8.07. The SMILES string of the molecule is O=C(c1cc2nccnc2cc1F)N1CCO[C@H]2CCCC[C@@H]21. The molecule has 1 aromatic heterocycles. The van der Waals surface area contributed by atoms with Crippen LogP contribution in [0.1, 0.15) is 36.0 Å². The molecular weight excluding hydrogens is 297 g/mol. The molecule has 2 heterocycles. The van der Waals surface area contributed by atoms with E-state index in [0.29, 0.717) is 24.2 Å². The standard InChI is InChI=1S/C17H18FN3O2/c18-12-10-14-13(19-5-6-20-14)9-11(12)17(22)21-7-8-23-16-4-2-1-3-15(16)21/h5-6,9-10,15-16H,1-4,7-8H2/t15-,16-/m0/s1. The molecule has 5 nitrogen and oxygen atoms in total. The third kappa shape index (κ3) is 2.57. The predicted octanol–water partition coefficient (Wildman–Crippen LogP) is 2.55. The van der Waals surface area contributed by atoms with E-state index in [1.54, 1.807) is 11.1 Å². The van der Waals surface area contributed by atoms with Gasteiger partial charge in [0, 0.05) is 25.0 Å². The van der Waals surface area contributed by atoms with Crippen molar-refractivity contribution in [2.45, 2.75) is 37.8 Å².